The third kappa shape index (κ3) is 14.3. The largest absolute Gasteiger partial charge is 0.393 e. The second kappa shape index (κ2) is 18.0. The molecule has 0 radical (unpaired) electrons. The lowest BCUT2D eigenvalue weighted by Gasteiger charge is -2.31. The van der Waals surface area contributed by atoms with Crippen LogP contribution < -0.4 is 21.3 Å². The molecule has 0 saturated carbocycles. The number of ether oxygens (including phenoxy) is 1. The lowest BCUT2D eigenvalue weighted by molar-refractivity contribution is -0.0478. The van der Waals surface area contributed by atoms with E-state index in [1.165, 1.54) is 0 Å². The van der Waals surface area contributed by atoms with Gasteiger partial charge in [-0.05, 0) is 52.9 Å². The van der Waals surface area contributed by atoms with Crippen molar-refractivity contribution in [3.8, 4) is 0 Å². The SMILES string of the molecule is CCCOC(C)[C@H](O)N[C@@H](C)[C@@H](C)CNC(O)CC(C)NCC(C(O)NC(C)C(C)C)[C@@H](C)O. The summed E-state index contributed by atoms with van der Waals surface area (Å²) in [4.78, 5) is 0. The Hall–Kier alpha value is -0.360. The predicted molar refractivity (Wildman–Crippen MR) is 138 cm³/mol. The van der Waals surface area contributed by atoms with Crippen molar-refractivity contribution in [2.75, 3.05) is 19.7 Å². The van der Waals surface area contributed by atoms with Gasteiger partial charge in [-0.1, -0.05) is 27.7 Å². The Morgan fingerprint density at radius 1 is 0.735 bits per heavy atom. The maximum absolute atomic E-state index is 10.5. The molecule has 0 aromatic heterocycles. The van der Waals surface area contributed by atoms with Crippen LogP contribution in [0.15, 0.2) is 0 Å². The highest BCUT2D eigenvalue weighted by atomic mass is 16.5. The van der Waals surface area contributed by atoms with Crippen LogP contribution in [0.25, 0.3) is 0 Å². The summed E-state index contributed by atoms with van der Waals surface area (Å²) < 4.78 is 5.56. The molecule has 0 spiro atoms. The molecule has 0 aliphatic carbocycles. The van der Waals surface area contributed by atoms with Crippen molar-refractivity contribution in [2.24, 2.45) is 17.8 Å². The van der Waals surface area contributed by atoms with E-state index in [9.17, 15) is 20.4 Å². The molecule has 8 N–H and O–H groups in total. The molecule has 0 aliphatic rings. The van der Waals surface area contributed by atoms with E-state index in [0.717, 1.165) is 6.42 Å². The van der Waals surface area contributed by atoms with Crippen LogP contribution >= 0.6 is 0 Å². The van der Waals surface area contributed by atoms with Gasteiger partial charge in [0.2, 0.25) is 0 Å². The molecule has 0 aromatic rings. The summed E-state index contributed by atoms with van der Waals surface area (Å²) in [6.45, 7) is 19.4. The number of hydrogen-bond donors (Lipinski definition) is 8. The molecule has 0 fully saturated rings. The van der Waals surface area contributed by atoms with Crippen molar-refractivity contribution in [2.45, 2.75) is 124 Å². The smallest absolute Gasteiger partial charge is 0.131 e. The van der Waals surface area contributed by atoms with Gasteiger partial charge >= 0.3 is 0 Å². The molecular formula is C25H56N4O5. The number of hydrogen-bond acceptors (Lipinski definition) is 9. The van der Waals surface area contributed by atoms with Gasteiger partial charge in [-0.25, -0.2) is 0 Å². The van der Waals surface area contributed by atoms with Gasteiger partial charge in [-0.3, -0.25) is 16.0 Å². The lowest BCUT2D eigenvalue weighted by atomic mass is 9.98. The zero-order chi connectivity index (χ0) is 26.4. The first-order chi connectivity index (χ1) is 15.8. The van der Waals surface area contributed by atoms with Gasteiger partial charge in [0, 0.05) is 50.2 Å². The van der Waals surface area contributed by atoms with Gasteiger partial charge in [-0.2, -0.15) is 0 Å². The fraction of sp³-hybridized carbons (Fsp3) is 1.00. The van der Waals surface area contributed by atoms with Crippen LogP contribution in [0.2, 0.25) is 0 Å². The Kier molecular flexibility index (Phi) is 17.8. The number of rotatable bonds is 20. The Balaban J connectivity index is 4.41. The van der Waals surface area contributed by atoms with Gasteiger partial charge in [0.05, 0.1) is 12.2 Å². The molecule has 0 heterocycles. The van der Waals surface area contributed by atoms with Crippen molar-refractivity contribution in [1.82, 2.24) is 21.3 Å². The molecule has 9 heteroatoms. The van der Waals surface area contributed by atoms with Gasteiger partial charge in [-0.15, -0.1) is 0 Å². The molecule has 0 aliphatic heterocycles. The number of nitrogens with one attached hydrogen (secondary N) is 4. The Morgan fingerprint density at radius 2 is 1.32 bits per heavy atom. The minimum Gasteiger partial charge on any atom is -0.393 e. The van der Waals surface area contributed by atoms with Crippen LogP contribution in [0, 0.1) is 17.8 Å². The Morgan fingerprint density at radius 3 is 1.85 bits per heavy atom. The standard InChI is InChI=1S/C25H56N4O5/c1-10-11-34-21(9)24(32)29-19(7)16(4)13-27-23(31)12-17(5)26-14-22(20(8)30)25(33)28-18(6)15(2)3/h15-33H,10-14H2,1-9H3/t16-,17?,18?,19-,20+,21?,22?,23?,24-,25?/m0/s1. The lowest BCUT2D eigenvalue weighted by Crippen LogP contribution is -2.51. The topological polar surface area (TPSA) is 138 Å². The van der Waals surface area contributed by atoms with Gasteiger partial charge in [0.15, 0.2) is 0 Å². The maximum atomic E-state index is 10.5. The number of aliphatic hydroxyl groups excluding tert-OH is 4. The van der Waals surface area contributed by atoms with E-state index in [2.05, 4.69) is 42.0 Å². The first-order valence-corrected chi connectivity index (χ1v) is 13.1. The normalized spacial score (nSPS) is 21.4. The van der Waals surface area contributed by atoms with Gasteiger partial charge in [0.1, 0.15) is 18.7 Å². The molecule has 0 rings (SSSR count). The molecule has 0 aromatic carbocycles. The summed E-state index contributed by atoms with van der Waals surface area (Å²) in [7, 11) is 0. The summed E-state index contributed by atoms with van der Waals surface area (Å²) in [6.07, 6.45) is -1.82. The second-order valence-corrected chi connectivity index (χ2v) is 10.5. The molecule has 0 bridgehead atoms. The summed E-state index contributed by atoms with van der Waals surface area (Å²) in [6, 6.07) is 0.154. The highest BCUT2D eigenvalue weighted by Gasteiger charge is 2.27. The molecule has 34 heavy (non-hydrogen) atoms. The molecule has 6 unspecified atom stereocenters. The van der Waals surface area contributed by atoms with Crippen LogP contribution in [0.1, 0.15) is 75.2 Å². The first kappa shape index (κ1) is 33.6. The average molecular weight is 493 g/mol. The zero-order valence-electron chi connectivity index (χ0n) is 23.1. The van der Waals surface area contributed by atoms with E-state index in [1.54, 1.807) is 6.92 Å². The monoisotopic (exact) mass is 492 g/mol. The van der Waals surface area contributed by atoms with E-state index in [-0.39, 0.29) is 36.1 Å². The third-order valence-corrected chi connectivity index (χ3v) is 6.73. The summed E-state index contributed by atoms with van der Waals surface area (Å²) in [5.41, 5.74) is 0. The zero-order valence-corrected chi connectivity index (χ0v) is 23.1. The molecule has 0 amide bonds. The van der Waals surface area contributed by atoms with E-state index in [4.69, 9.17) is 4.74 Å². The molecular weight excluding hydrogens is 436 g/mol. The molecule has 0 saturated heterocycles. The van der Waals surface area contributed by atoms with E-state index in [1.807, 2.05) is 34.6 Å². The fourth-order valence-corrected chi connectivity index (χ4v) is 3.43. The van der Waals surface area contributed by atoms with Crippen LogP contribution in [-0.2, 0) is 4.74 Å². The van der Waals surface area contributed by atoms with Crippen LogP contribution in [-0.4, -0.2) is 89.1 Å². The van der Waals surface area contributed by atoms with Crippen molar-refractivity contribution >= 4 is 0 Å². The third-order valence-electron chi connectivity index (χ3n) is 6.73. The average Bonchev–Trinajstić information content (AvgIpc) is 2.75. The van der Waals surface area contributed by atoms with Crippen molar-refractivity contribution in [3.63, 3.8) is 0 Å². The van der Waals surface area contributed by atoms with E-state index >= 15 is 0 Å². The van der Waals surface area contributed by atoms with E-state index in [0.29, 0.717) is 32.0 Å². The highest BCUT2D eigenvalue weighted by Crippen LogP contribution is 2.11. The van der Waals surface area contributed by atoms with E-state index < -0.39 is 24.8 Å². The highest BCUT2D eigenvalue weighted by molar-refractivity contribution is 4.80. The van der Waals surface area contributed by atoms with Crippen molar-refractivity contribution < 1.29 is 25.2 Å². The Bertz CT molecular complexity index is 500. The summed E-state index contributed by atoms with van der Waals surface area (Å²) in [5.74, 6) is 0.185. The molecule has 206 valence electrons. The number of aliphatic hydroxyl groups is 4. The van der Waals surface area contributed by atoms with Crippen molar-refractivity contribution in [3.05, 3.63) is 0 Å². The second-order valence-electron chi connectivity index (χ2n) is 10.5. The van der Waals surface area contributed by atoms with Crippen LogP contribution in [0.5, 0.6) is 0 Å². The summed E-state index contributed by atoms with van der Waals surface area (Å²) >= 11 is 0. The molecule has 9 nitrogen and oxygen atoms in total. The maximum Gasteiger partial charge on any atom is 0.131 e. The first-order valence-electron chi connectivity index (χ1n) is 13.1. The van der Waals surface area contributed by atoms with Gasteiger partial charge < -0.3 is 30.5 Å². The van der Waals surface area contributed by atoms with Crippen LogP contribution in [0.3, 0.4) is 0 Å². The fourth-order valence-electron chi connectivity index (χ4n) is 3.43. The quantitative estimate of drug-likeness (QED) is 0.117. The molecule has 10 atom stereocenters. The minimum absolute atomic E-state index is 0.0114. The summed E-state index contributed by atoms with van der Waals surface area (Å²) in [5, 5.41) is 54.2. The van der Waals surface area contributed by atoms with Gasteiger partial charge in [0.25, 0.3) is 0 Å². The Labute approximate surface area is 208 Å². The van der Waals surface area contributed by atoms with Crippen LogP contribution in [0.4, 0.5) is 0 Å². The van der Waals surface area contributed by atoms with Crippen molar-refractivity contribution in [1.29, 1.82) is 0 Å². The predicted octanol–water partition coefficient (Wildman–Crippen LogP) is 0.960. The minimum atomic E-state index is -0.819.